The monoisotopic (exact) mass is 394 g/mol. The van der Waals surface area contributed by atoms with E-state index in [1.165, 1.54) is 30.7 Å². The van der Waals surface area contributed by atoms with E-state index in [1.807, 2.05) is 6.07 Å². The molecule has 2 aliphatic heterocycles. The lowest BCUT2D eigenvalue weighted by atomic mass is 10.2. The minimum absolute atomic E-state index is 0.262. The number of hydrogen-bond donors (Lipinski definition) is 0. The van der Waals surface area contributed by atoms with Gasteiger partial charge in [-0.15, -0.1) is 0 Å². The van der Waals surface area contributed by atoms with Crippen molar-refractivity contribution in [3.8, 4) is 5.75 Å². The zero-order chi connectivity index (χ0) is 15.8. The Kier molecular flexibility index (Phi) is 4.27. The standard InChI is InChI=1S/C17H17BrFN2OP/c18-16-11-13(19)8-9-17(16)22-23-20-10-4-7-15(20)12-21(23)14-5-2-1-3-6-14/h1-3,5-6,8-9,11,15H,4,7,10,12H2/t15-,23+/m0/s1. The zero-order valence-corrected chi connectivity index (χ0v) is 15.0. The summed E-state index contributed by atoms with van der Waals surface area (Å²) in [5.74, 6) is 0.438. The van der Waals surface area contributed by atoms with Crippen LogP contribution in [0.3, 0.4) is 0 Å². The van der Waals surface area contributed by atoms with Crippen molar-refractivity contribution in [2.75, 3.05) is 17.8 Å². The normalized spacial score (nSPS) is 24.0. The quantitative estimate of drug-likeness (QED) is 0.667. The summed E-state index contributed by atoms with van der Waals surface area (Å²) in [6.07, 6.45) is 2.44. The third kappa shape index (κ3) is 2.98. The Labute approximate surface area is 145 Å². The summed E-state index contributed by atoms with van der Waals surface area (Å²) in [4.78, 5) is 0. The summed E-state index contributed by atoms with van der Waals surface area (Å²) >= 11 is 3.41. The van der Waals surface area contributed by atoms with Crippen molar-refractivity contribution in [2.45, 2.75) is 18.9 Å². The predicted molar refractivity (Wildman–Crippen MR) is 95.2 cm³/mol. The highest BCUT2D eigenvalue weighted by Crippen LogP contribution is 2.57. The van der Waals surface area contributed by atoms with Crippen LogP contribution in [-0.2, 0) is 0 Å². The van der Waals surface area contributed by atoms with Crippen molar-refractivity contribution < 1.29 is 8.91 Å². The first-order valence-corrected chi connectivity index (χ1v) is 9.70. The Morgan fingerprint density at radius 1 is 1.17 bits per heavy atom. The fourth-order valence-electron chi connectivity index (χ4n) is 3.18. The molecule has 6 heteroatoms. The lowest BCUT2D eigenvalue weighted by Crippen LogP contribution is -2.20. The number of anilines is 1. The highest BCUT2D eigenvalue weighted by Gasteiger charge is 2.45. The molecule has 4 rings (SSSR count). The molecule has 2 heterocycles. The molecule has 0 aromatic heterocycles. The van der Waals surface area contributed by atoms with Crippen LogP contribution in [0.1, 0.15) is 12.8 Å². The Balaban J connectivity index is 1.64. The Morgan fingerprint density at radius 2 is 2.00 bits per heavy atom. The molecule has 0 unspecified atom stereocenters. The van der Waals surface area contributed by atoms with Crippen molar-refractivity contribution >= 4 is 30.1 Å². The summed E-state index contributed by atoms with van der Waals surface area (Å²) in [6, 6.07) is 15.5. The minimum atomic E-state index is -0.913. The maximum Gasteiger partial charge on any atom is 0.279 e. The fourth-order valence-corrected chi connectivity index (χ4v) is 5.99. The molecular formula is C17H17BrFN2OP. The molecule has 0 saturated carbocycles. The van der Waals surface area contributed by atoms with Gasteiger partial charge in [-0.2, -0.15) is 0 Å². The second kappa shape index (κ2) is 6.39. The first-order valence-electron chi connectivity index (χ1n) is 7.74. The Bertz CT molecular complexity index is 702. The molecule has 0 radical (unpaired) electrons. The lowest BCUT2D eigenvalue weighted by molar-refractivity contribution is 0.431. The van der Waals surface area contributed by atoms with Crippen molar-refractivity contribution in [2.24, 2.45) is 0 Å². The van der Waals surface area contributed by atoms with Gasteiger partial charge in [0.05, 0.1) is 4.47 Å². The minimum Gasteiger partial charge on any atom is -0.439 e. The van der Waals surface area contributed by atoms with Gasteiger partial charge in [-0.3, -0.25) is 0 Å². The molecule has 2 aromatic rings. The van der Waals surface area contributed by atoms with E-state index in [0.717, 1.165) is 13.1 Å². The number of hydrogen-bond acceptors (Lipinski definition) is 3. The van der Waals surface area contributed by atoms with Gasteiger partial charge < -0.3 is 9.19 Å². The van der Waals surface area contributed by atoms with Gasteiger partial charge in [0.1, 0.15) is 11.6 Å². The molecule has 2 aliphatic rings. The molecule has 2 atom stereocenters. The van der Waals surface area contributed by atoms with E-state index in [4.69, 9.17) is 4.52 Å². The molecule has 0 N–H and O–H groups in total. The number of benzene rings is 2. The largest absolute Gasteiger partial charge is 0.439 e. The van der Waals surface area contributed by atoms with E-state index in [1.54, 1.807) is 6.07 Å². The lowest BCUT2D eigenvalue weighted by Gasteiger charge is -2.29. The third-order valence-corrected chi connectivity index (χ3v) is 7.04. The van der Waals surface area contributed by atoms with Crippen LogP contribution in [0.5, 0.6) is 5.75 Å². The van der Waals surface area contributed by atoms with Gasteiger partial charge in [0, 0.05) is 24.8 Å². The molecule has 2 fully saturated rings. The van der Waals surface area contributed by atoms with Crippen molar-refractivity contribution in [1.82, 2.24) is 4.67 Å². The number of rotatable bonds is 3. The maximum atomic E-state index is 13.3. The fraction of sp³-hybridized carbons (Fsp3) is 0.294. The van der Waals surface area contributed by atoms with Gasteiger partial charge in [-0.05, 0) is 59.1 Å². The predicted octanol–water partition coefficient (Wildman–Crippen LogP) is 5.18. The Morgan fingerprint density at radius 3 is 2.78 bits per heavy atom. The molecule has 2 aromatic carbocycles. The van der Waals surface area contributed by atoms with Crippen LogP contribution >= 0.6 is 24.4 Å². The molecule has 0 bridgehead atoms. The topological polar surface area (TPSA) is 15.7 Å². The van der Waals surface area contributed by atoms with Gasteiger partial charge in [0.2, 0.25) is 0 Å². The second-order valence-corrected chi connectivity index (χ2v) is 8.33. The first-order chi connectivity index (χ1) is 11.2. The zero-order valence-electron chi connectivity index (χ0n) is 12.5. The average Bonchev–Trinajstić information content (AvgIpc) is 3.13. The summed E-state index contributed by atoms with van der Waals surface area (Å²) in [5.41, 5.74) is 1.19. The molecular weight excluding hydrogens is 378 g/mol. The van der Waals surface area contributed by atoms with Crippen LogP contribution in [0.25, 0.3) is 0 Å². The van der Waals surface area contributed by atoms with Crippen LogP contribution < -0.4 is 9.19 Å². The number of nitrogens with zero attached hydrogens (tertiary/aromatic N) is 2. The molecule has 0 amide bonds. The van der Waals surface area contributed by atoms with E-state index in [2.05, 4.69) is 49.5 Å². The van der Waals surface area contributed by atoms with E-state index in [0.29, 0.717) is 16.3 Å². The second-order valence-electron chi connectivity index (χ2n) is 5.80. The summed E-state index contributed by atoms with van der Waals surface area (Å²) < 4.78 is 25.2. The van der Waals surface area contributed by atoms with Crippen LogP contribution in [0.4, 0.5) is 10.1 Å². The van der Waals surface area contributed by atoms with Crippen molar-refractivity contribution in [3.63, 3.8) is 0 Å². The van der Waals surface area contributed by atoms with Gasteiger partial charge >= 0.3 is 0 Å². The van der Waals surface area contributed by atoms with Gasteiger partial charge in [0.25, 0.3) is 8.45 Å². The average molecular weight is 395 g/mol. The third-order valence-electron chi connectivity index (χ3n) is 4.28. The van der Waals surface area contributed by atoms with Gasteiger partial charge in [-0.1, -0.05) is 18.2 Å². The van der Waals surface area contributed by atoms with E-state index < -0.39 is 8.45 Å². The SMILES string of the molecule is Fc1ccc(O[P@@]2N(c3ccccc3)C[C@@H]3CCCN32)c(Br)c1. The molecule has 2 saturated heterocycles. The van der Waals surface area contributed by atoms with Gasteiger partial charge in [0.15, 0.2) is 0 Å². The summed E-state index contributed by atoms with van der Waals surface area (Å²) in [5, 5.41) is 0. The Hall–Kier alpha value is -1.16. The molecule has 23 heavy (non-hydrogen) atoms. The highest BCUT2D eigenvalue weighted by atomic mass is 79.9. The summed E-state index contributed by atoms with van der Waals surface area (Å²) in [7, 11) is -0.913. The highest BCUT2D eigenvalue weighted by molar-refractivity contribution is 9.10. The molecule has 0 aliphatic carbocycles. The van der Waals surface area contributed by atoms with Crippen molar-refractivity contribution in [3.05, 3.63) is 58.8 Å². The van der Waals surface area contributed by atoms with Crippen LogP contribution in [0.2, 0.25) is 0 Å². The first kappa shape index (κ1) is 15.4. The van der Waals surface area contributed by atoms with E-state index in [9.17, 15) is 4.39 Å². The molecule has 0 spiro atoms. The number of halogens is 2. The molecule has 120 valence electrons. The molecule has 3 nitrogen and oxygen atoms in total. The smallest absolute Gasteiger partial charge is 0.279 e. The maximum absolute atomic E-state index is 13.3. The van der Waals surface area contributed by atoms with Crippen LogP contribution in [0, 0.1) is 5.82 Å². The van der Waals surface area contributed by atoms with E-state index >= 15 is 0 Å². The van der Waals surface area contributed by atoms with Crippen LogP contribution in [0.15, 0.2) is 53.0 Å². The van der Waals surface area contributed by atoms with Gasteiger partial charge in [-0.25, -0.2) is 9.06 Å². The van der Waals surface area contributed by atoms with Crippen LogP contribution in [-0.4, -0.2) is 23.8 Å². The van der Waals surface area contributed by atoms with E-state index in [-0.39, 0.29) is 5.82 Å². The van der Waals surface area contributed by atoms with Crippen molar-refractivity contribution in [1.29, 1.82) is 0 Å². The summed E-state index contributed by atoms with van der Waals surface area (Å²) in [6.45, 7) is 2.06. The number of fused-ring (bicyclic) bond motifs is 1. The number of para-hydroxylation sites is 1.